The summed E-state index contributed by atoms with van der Waals surface area (Å²) in [5.41, 5.74) is 0.904. The molecular formula is C17H25N5O4. The van der Waals surface area contributed by atoms with Gasteiger partial charge in [0, 0.05) is 12.8 Å². The summed E-state index contributed by atoms with van der Waals surface area (Å²) in [5.74, 6) is 0.244. The molecule has 3 N–H and O–H groups in total. The van der Waals surface area contributed by atoms with Gasteiger partial charge >= 0.3 is 0 Å². The largest absolute Gasteiger partial charge is 0.394 e. The van der Waals surface area contributed by atoms with Crippen molar-refractivity contribution in [1.29, 1.82) is 0 Å². The highest BCUT2D eigenvalue weighted by atomic mass is 16.5. The van der Waals surface area contributed by atoms with Gasteiger partial charge in [-0.1, -0.05) is 26.2 Å². The third-order valence-electron chi connectivity index (χ3n) is 4.52. The highest BCUT2D eigenvalue weighted by Crippen LogP contribution is 2.31. The van der Waals surface area contributed by atoms with E-state index in [0.717, 1.165) is 25.7 Å². The van der Waals surface area contributed by atoms with Crippen molar-refractivity contribution in [3.8, 4) is 0 Å². The molecule has 0 bridgehead atoms. The van der Waals surface area contributed by atoms with Crippen molar-refractivity contribution in [1.82, 2.24) is 19.5 Å². The SMILES string of the molecule is CCCCCCC(=O)Nc1ncnc2c1ncn2[C@@H]1O[C@H](CO)C[C@H]1O. The van der Waals surface area contributed by atoms with Crippen molar-refractivity contribution in [3.63, 3.8) is 0 Å². The Morgan fingerprint density at radius 3 is 2.92 bits per heavy atom. The Kier molecular flexibility index (Phi) is 6.12. The monoisotopic (exact) mass is 363 g/mol. The van der Waals surface area contributed by atoms with E-state index in [1.807, 2.05) is 0 Å². The molecule has 1 aliphatic heterocycles. The highest BCUT2D eigenvalue weighted by Gasteiger charge is 2.36. The molecule has 1 saturated heterocycles. The maximum absolute atomic E-state index is 12.1. The summed E-state index contributed by atoms with van der Waals surface area (Å²) < 4.78 is 7.25. The van der Waals surface area contributed by atoms with Gasteiger partial charge in [-0.3, -0.25) is 9.36 Å². The molecule has 3 rings (SSSR count). The Balaban J connectivity index is 1.73. The molecule has 9 heteroatoms. The van der Waals surface area contributed by atoms with Gasteiger partial charge in [-0.25, -0.2) is 15.0 Å². The first kappa shape index (κ1) is 18.7. The Hall–Kier alpha value is -2.10. The molecule has 0 aliphatic carbocycles. The van der Waals surface area contributed by atoms with Crippen molar-refractivity contribution in [2.75, 3.05) is 11.9 Å². The van der Waals surface area contributed by atoms with E-state index in [1.165, 1.54) is 12.7 Å². The first-order valence-electron chi connectivity index (χ1n) is 9.05. The van der Waals surface area contributed by atoms with Gasteiger partial charge in [0.2, 0.25) is 5.91 Å². The third-order valence-corrected chi connectivity index (χ3v) is 4.52. The molecule has 26 heavy (non-hydrogen) atoms. The zero-order chi connectivity index (χ0) is 18.5. The van der Waals surface area contributed by atoms with Gasteiger partial charge in [-0.2, -0.15) is 0 Å². The predicted octanol–water partition coefficient (Wildman–Crippen LogP) is 1.38. The highest BCUT2D eigenvalue weighted by molar-refractivity contribution is 5.96. The lowest BCUT2D eigenvalue weighted by molar-refractivity contribution is -0.116. The molecule has 2 aromatic heterocycles. The molecule has 0 unspecified atom stereocenters. The predicted molar refractivity (Wildman–Crippen MR) is 94.3 cm³/mol. The molecule has 0 aromatic carbocycles. The number of unbranched alkanes of at least 4 members (excludes halogenated alkanes) is 3. The molecule has 2 aromatic rings. The van der Waals surface area contributed by atoms with Gasteiger partial charge in [0.15, 0.2) is 23.2 Å². The number of anilines is 1. The van der Waals surface area contributed by atoms with Crippen LogP contribution in [0.5, 0.6) is 0 Å². The number of imidazole rings is 1. The number of carbonyl (C=O) groups excluding carboxylic acids is 1. The van der Waals surface area contributed by atoms with Crippen LogP contribution in [0.1, 0.15) is 51.7 Å². The van der Waals surface area contributed by atoms with Crippen molar-refractivity contribution in [2.45, 2.75) is 63.9 Å². The van der Waals surface area contributed by atoms with Crippen LogP contribution in [0.4, 0.5) is 5.82 Å². The average molecular weight is 363 g/mol. The minimum Gasteiger partial charge on any atom is -0.394 e. The Labute approximate surface area is 151 Å². The van der Waals surface area contributed by atoms with Crippen LogP contribution in [0, 0.1) is 0 Å². The van der Waals surface area contributed by atoms with Crippen molar-refractivity contribution in [3.05, 3.63) is 12.7 Å². The molecule has 142 valence electrons. The number of aliphatic hydroxyl groups excluding tert-OH is 2. The fourth-order valence-electron chi connectivity index (χ4n) is 3.13. The van der Waals surface area contributed by atoms with Gasteiger partial charge in [-0.05, 0) is 6.42 Å². The molecule has 0 spiro atoms. The summed E-state index contributed by atoms with van der Waals surface area (Å²) in [7, 11) is 0. The number of rotatable bonds is 8. The van der Waals surface area contributed by atoms with Crippen LogP contribution in [0.15, 0.2) is 12.7 Å². The van der Waals surface area contributed by atoms with Crippen LogP contribution < -0.4 is 5.32 Å². The summed E-state index contributed by atoms with van der Waals surface area (Å²) in [4.78, 5) is 24.7. The zero-order valence-corrected chi connectivity index (χ0v) is 14.8. The number of aromatic nitrogens is 4. The van der Waals surface area contributed by atoms with Gasteiger partial charge in [0.25, 0.3) is 0 Å². The smallest absolute Gasteiger partial charge is 0.225 e. The lowest BCUT2D eigenvalue weighted by Gasteiger charge is -2.16. The maximum atomic E-state index is 12.1. The van der Waals surface area contributed by atoms with E-state index in [4.69, 9.17) is 4.74 Å². The summed E-state index contributed by atoms with van der Waals surface area (Å²) in [6.07, 6.45) is 5.88. The molecule has 1 amide bonds. The number of nitrogens with one attached hydrogen (secondary N) is 1. The summed E-state index contributed by atoms with van der Waals surface area (Å²) in [6.45, 7) is 1.97. The number of amides is 1. The molecule has 3 heterocycles. The molecule has 0 saturated carbocycles. The van der Waals surface area contributed by atoms with E-state index in [1.54, 1.807) is 4.57 Å². The quantitative estimate of drug-likeness (QED) is 0.605. The van der Waals surface area contributed by atoms with E-state index >= 15 is 0 Å². The Bertz CT molecular complexity index is 750. The number of aliphatic hydroxyl groups is 2. The average Bonchev–Trinajstić information content (AvgIpc) is 3.22. The Morgan fingerprint density at radius 1 is 1.35 bits per heavy atom. The molecule has 3 atom stereocenters. The summed E-state index contributed by atoms with van der Waals surface area (Å²) in [5, 5.41) is 22.2. The number of hydrogen-bond acceptors (Lipinski definition) is 7. The topological polar surface area (TPSA) is 122 Å². The third kappa shape index (κ3) is 4.00. The molecule has 9 nitrogen and oxygen atoms in total. The second kappa shape index (κ2) is 8.52. The summed E-state index contributed by atoms with van der Waals surface area (Å²) in [6, 6.07) is 0. The normalized spacial score (nSPS) is 22.8. The van der Waals surface area contributed by atoms with Crippen LogP contribution in [0.3, 0.4) is 0 Å². The van der Waals surface area contributed by atoms with E-state index in [2.05, 4.69) is 27.2 Å². The minimum absolute atomic E-state index is 0.104. The fraction of sp³-hybridized carbons (Fsp3) is 0.647. The Morgan fingerprint density at radius 2 is 2.19 bits per heavy atom. The molecule has 1 fully saturated rings. The van der Waals surface area contributed by atoms with Crippen LogP contribution >= 0.6 is 0 Å². The number of fused-ring (bicyclic) bond motifs is 1. The fourth-order valence-corrected chi connectivity index (χ4v) is 3.13. The summed E-state index contributed by atoms with van der Waals surface area (Å²) >= 11 is 0. The van der Waals surface area contributed by atoms with Gasteiger partial charge in [-0.15, -0.1) is 0 Å². The number of ether oxygens (including phenoxy) is 1. The molecule has 1 aliphatic rings. The van der Waals surface area contributed by atoms with Crippen LogP contribution in [0.2, 0.25) is 0 Å². The van der Waals surface area contributed by atoms with Crippen LogP contribution in [0.25, 0.3) is 11.2 Å². The number of carbonyl (C=O) groups is 1. The maximum Gasteiger partial charge on any atom is 0.225 e. The standard InChI is InChI=1S/C17H25N5O4/c1-2-3-4-5-6-13(25)21-15-14-16(19-9-18-15)22(10-20-14)17-12(24)7-11(8-23)26-17/h9-12,17,23-24H,2-8H2,1H3,(H,18,19,21,25)/t11-,12+,17+/m0/s1. The first-order chi connectivity index (χ1) is 12.6. The van der Waals surface area contributed by atoms with Gasteiger partial charge in [0.05, 0.1) is 19.0 Å². The van der Waals surface area contributed by atoms with Crippen LogP contribution in [-0.2, 0) is 9.53 Å². The van der Waals surface area contributed by atoms with E-state index in [0.29, 0.717) is 29.8 Å². The second-order valence-electron chi connectivity index (χ2n) is 6.54. The van der Waals surface area contributed by atoms with Crippen molar-refractivity contribution < 1.29 is 19.7 Å². The lowest BCUT2D eigenvalue weighted by Crippen LogP contribution is -2.19. The van der Waals surface area contributed by atoms with E-state index in [-0.39, 0.29) is 12.5 Å². The first-order valence-corrected chi connectivity index (χ1v) is 9.05. The molecular weight excluding hydrogens is 338 g/mol. The number of hydrogen-bond donors (Lipinski definition) is 3. The van der Waals surface area contributed by atoms with Gasteiger partial charge in [0.1, 0.15) is 12.4 Å². The lowest BCUT2D eigenvalue weighted by atomic mass is 10.1. The van der Waals surface area contributed by atoms with Crippen molar-refractivity contribution in [2.24, 2.45) is 0 Å². The zero-order valence-electron chi connectivity index (χ0n) is 14.8. The van der Waals surface area contributed by atoms with Gasteiger partial charge < -0.3 is 20.3 Å². The molecule has 0 radical (unpaired) electrons. The second-order valence-corrected chi connectivity index (χ2v) is 6.54. The van der Waals surface area contributed by atoms with E-state index < -0.39 is 18.4 Å². The van der Waals surface area contributed by atoms with Crippen LogP contribution in [-0.4, -0.2) is 54.5 Å². The van der Waals surface area contributed by atoms with Crippen molar-refractivity contribution >= 4 is 22.9 Å². The van der Waals surface area contributed by atoms with E-state index in [9.17, 15) is 15.0 Å². The minimum atomic E-state index is -0.767. The number of nitrogens with zero attached hydrogens (tertiary/aromatic N) is 4.